The van der Waals surface area contributed by atoms with Crippen molar-refractivity contribution >= 4 is 5.97 Å². The molecular formula is C30H50O5. The summed E-state index contributed by atoms with van der Waals surface area (Å²) in [6.45, 7) is 15.1. The van der Waals surface area contributed by atoms with Gasteiger partial charge in [0.1, 0.15) is 6.10 Å². The van der Waals surface area contributed by atoms with E-state index in [1.807, 2.05) is 0 Å². The third-order valence-corrected chi connectivity index (χ3v) is 11.5. The summed E-state index contributed by atoms with van der Waals surface area (Å²) in [6.07, 6.45) is 7.57. The first kappa shape index (κ1) is 27.1. The second kappa shape index (κ2) is 9.76. The average molecular weight is 491 g/mol. The van der Waals surface area contributed by atoms with Crippen molar-refractivity contribution in [1.82, 2.24) is 0 Å². The minimum absolute atomic E-state index is 0.00549. The predicted octanol–water partition coefficient (Wildman–Crippen LogP) is 4.97. The molecule has 0 aliphatic heterocycles. The summed E-state index contributed by atoms with van der Waals surface area (Å²) in [5.74, 6) is 1.72. The van der Waals surface area contributed by atoms with Crippen LogP contribution < -0.4 is 0 Å². The molecule has 5 heteroatoms. The van der Waals surface area contributed by atoms with E-state index in [9.17, 15) is 20.1 Å². The molecule has 0 spiro atoms. The maximum atomic E-state index is 12.1. The molecule has 4 rings (SSSR count). The van der Waals surface area contributed by atoms with Crippen molar-refractivity contribution in [1.29, 1.82) is 0 Å². The molecule has 4 fully saturated rings. The minimum Gasteiger partial charge on any atom is -0.462 e. The minimum atomic E-state index is -0.811. The number of hydrogen-bond donors (Lipinski definition) is 3. The number of ether oxygens (including phenoxy) is 1. The molecule has 0 bridgehead atoms. The van der Waals surface area contributed by atoms with E-state index in [1.165, 1.54) is 6.92 Å². The van der Waals surface area contributed by atoms with Crippen molar-refractivity contribution in [3.63, 3.8) is 0 Å². The van der Waals surface area contributed by atoms with Crippen LogP contribution in [0.5, 0.6) is 0 Å². The second-order valence-electron chi connectivity index (χ2n) is 13.6. The van der Waals surface area contributed by atoms with Crippen LogP contribution >= 0.6 is 0 Å². The highest BCUT2D eigenvalue weighted by atomic mass is 16.5. The van der Waals surface area contributed by atoms with Crippen LogP contribution in [0, 0.1) is 58.2 Å². The van der Waals surface area contributed by atoms with Gasteiger partial charge in [0.15, 0.2) is 0 Å². The summed E-state index contributed by atoms with van der Waals surface area (Å²) >= 11 is 0. The fourth-order valence-electron chi connectivity index (χ4n) is 9.24. The molecule has 0 amide bonds. The lowest BCUT2D eigenvalue weighted by Crippen LogP contribution is -2.64. The van der Waals surface area contributed by atoms with Crippen LogP contribution in [0.15, 0.2) is 12.2 Å². The van der Waals surface area contributed by atoms with Crippen molar-refractivity contribution in [2.24, 2.45) is 58.2 Å². The SMILES string of the molecule is CC(=O)OC1CC2C3C(O)C(O)C4CC(O)CCC4(C)C3CCC2(C)C1C(C)C=CC(C)C(C)C. The highest BCUT2D eigenvalue weighted by Gasteiger charge is 2.67. The van der Waals surface area contributed by atoms with Gasteiger partial charge in [0.05, 0.1) is 18.3 Å². The van der Waals surface area contributed by atoms with Gasteiger partial charge >= 0.3 is 5.97 Å². The van der Waals surface area contributed by atoms with Crippen LogP contribution in [0.4, 0.5) is 0 Å². The van der Waals surface area contributed by atoms with Crippen molar-refractivity contribution < 1.29 is 24.9 Å². The lowest BCUT2D eigenvalue weighted by atomic mass is 9.43. The molecule has 0 aromatic rings. The molecule has 13 atom stereocenters. The van der Waals surface area contributed by atoms with E-state index < -0.39 is 12.2 Å². The van der Waals surface area contributed by atoms with E-state index in [1.54, 1.807) is 0 Å². The van der Waals surface area contributed by atoms with Crippen molar-refractivity contribution in [2.75, 3.05) is 0 Å². The molecule has 35 heavy (non-hydrogen) atoms. The van der Waals surface area contributed by atoms with Crippen molar-refractivity contribution in [3.8, 4) is 0 Å². The maximum Gasteiger partial charge on any atom is 0.302 e. The van der Waals surface area contributed by atoms with Gasteiger partial charge in [0.25, 0.3) is 0 Å². The Kier molecular flexibility index (Phi) is 7.57. The Morgan fingerprint density at radius 2 is 1.54 bits per heavy atom. The Morgan fingerprint density at radius 1 is 0.886 bits per heavy atom. The first-order chi connectivity index (χ1) is 16.3. The van der Waals surface area contributed by atoms with Crippen LogP contribution in [-0.4, -0.2) is 45.7 Å². The van der Waals surface area contributed by atoms with E-state index in [4.69, 9.17) is 4.74 Å². The molecule has 4 saturated carbocycles. The Bertz CT molecular complexity index is 809. The molecule has 0 heterocycles. The second-order valence-corrected chi connectivity index (χ2v) is 13.6. The van der Waals surface area contributed by atoms with Crippen LogP contribution in [0.2, 0.25) is 0 Å². The van der Waals surface area contributed by atoms with Crippen LogP contribution in [0.25, 0.3) is 0 Å². The fourth-order valence-corrected chi connectivity index (χ4v) is 9.24. The van der Waals surface area contributed by atoms with Crippen LogP contribution in [0.3, 0.4) is 0 Å². The van der Waals surface area contributed by atoms with Gasteiger partial charge in [0, 0.05) is 12.8 Å². The summed E-state index contributed by atoms with van der Waals surface area (Å²) in [5, 5.41) is 33.2. The number of esters is 1. The van der Waals surface area contributed by atoms with E-state index in [0.29, 0.717) is 24.2 Å². The Hall–Kier alpha value is -0.910. The Balaban J connectivity index is 1.68. The van der Waals surface area contributed by atoms with Crippen molar-refractivity contribution in [2.45, 2.75) is 111 Å². The van der Waals surface area contributed by atoms with E-state index >= 15 is 0 Å². The number of aliphatic hydroxyl groups is 3. The van der Waals surface area contributed by atoms with Gasteiger partial charge in [-0.05, 0) is 90.8 Å². The first-order valence-electron chi connectivity index (χ1n) is 14.2. The predicted molar refractivity (Wildman–Crippen MR) is 137 cm³/mol. The Labute approximate surface area is 212 Å². The van der Waals surface area contributed by atoms with Gasteiger partial charge in [-0.2, -0.15) is 0 Å². The zero-order valence-electron chi connectivity index (χ0n) is 23.0. The number of aliphatic hydroxyl groups excluding tert-OH is 3. The van der Waals surface area contributed by atoms with Gasteiger partial charge in [0.2, 0.25) is 0 Å². The molecule has 13 unspecified atom stereocenters. The van der Waals surface area contributed by atoms with Crippen LogP contribution in [-0.2, 0) is 9.53 Å². The first-order valence-corrected chi connectivity index (χ1v) is 14.2. The largest absolute Gasteiger partial charge is 0.462 e. The zero-order valence-corrected chi connectivity index (χ0v) is 23.0. The summed E-state index contributed by atoms with van der Waals surface area (Å²) in [7, 11) is 0. The highest BCUT2D eigenvalue weighted by Crippen LogP contribution is 2.68. The molecule has 5 nitrogen and oxygen atoms in total. The van der Waals surface area contributed by atoms with E-state index in [0.717, 1.165) is 32.1 Å². The highest BCUT2D eigenvalue weighted by molar-refractivity contribution is 5.66. The van der Waals surface area contributed by atoms with Gasteiger partial charge in [-0.25, -0.2) is 0 Å². The lowest BCUT2D eigenvalue weighted by Gasteiger charge is -2.63. The molecular weight excluding hydrogens is 440 g/mol. The van der Waals surface area contributed by atoms with Crippen molar-refractivity contribution in [3.05, 3.63) is 12.2 Å². The molecule has 0 saturated heterocycles. The number of hydrogen-bond acceptors (Lipinski definition) is 5. The average Bonchev–Trinajstić information content (AvgIpc) is 3.07. The zero-order chi connectivity index (χ0) is 25.9. The molecule has 200 valence electrons. The van der Waals surface area contributed by atoms with Crippen LogP contribution in [0.1, 0.15) is 87.0 Å². The summed E-state index contributed by atoms with van der Waals surface area (Å²) in [4.78, 5) is 12.1. The molecule has 0 aromatic heterocycles. The molecule has 0 aromatic carbocycles. The Morgan fingerprint density at radius 3 is 2.17 bits per heavy atom. The molecule has 4 aliphatic carbocycles. The van der Waals surface area contributed by atoms with E-state index in [2.05, 4.69) is 53.7 Å². The van der Waals surface area contributed by atoms with Gasteiger partial charge < -0.3 is 20.1 Å². The van der Waals surface area contributed by atoms with Gasteiger partial charge in [-0.3, -0.25) is 4.79 Å². The number of fused-ring (bicyclic) bond motifs is 5. The summed E-state index contributed by atoms with van der Waals surface area (Å²) in [6, 6.07) is 0. The smallest absolute Gasteiger partial charge is 0.302 e. The quantitative estimate of drug-likeness (QED) is 0.374. The third-order valence-electron chi connectivity index (χ3n) is 11.5. The monoisotopic (exact) mass is 490 g/mol. The standard InChI is InChI=1S/C30H50O5/c1-16(2)17(3)8-9-18(4)26-24(35-19(5)31)15-22-25-21(11-13-30(22,26)7)29(6)12-10-20(32)14-23(29)27(33)28(25)34/h8-9,16-18,20-28,32-34H,10-15H2,1-7H3. The topological polar surface area (TPSA) is 87.0 Å². The number of allylic oxidation sites excluding steroid dienone is 2. The molecule has 4 aliphatic rings. The normalized spacial score (nSPS) is 49.3. The summed E-state index contributed by atoms with van der Waals surface area (Å²) < 4.78 is 5.99. The molecule has 3 N–H and O–H groups in total. The third kappa shape index (κ3) is 4.52. The molecule has 0 radical (unpaired) electrons. The fraction of sp³-hybridized carbons (Fsp3) is 0.900. The number of carbonyl (C=O) groups excluding carboxylic acids is 1. The van der Waals surface area contributed by atoms with Gasteiger partial charge in [-0.15, -0.1) is 0 Å². The summed E-state index contributed by atoms with van der Waals surface area (Å²) in [5.41, 5.74) is -0.138. The van der Waals surface area contributed by atoms with Gasteiger partial charge in [-0.1, -0.05) is 53.7 Å². The number of carbonyl (C=O) groups is 1. The lowest BCUT2D eigenvalue weighted by molar-refractivity contribution is -0.223. The van der Waals surface area contributed by atoms with E-state index in [-0.39, 0.29) is 58.6 Å². The maximum absolute atomic E-state index is 12.1. The number of rotatable bonds is 5.